The quantitative estimate of drug-likeness (QED) is 0.146. The minimum atomic E-state index is -0.432. The Balaban J connectivity index is 2.36. The Bertz CT molecular complexity index is 496. The van der Waals surface area contributed by atoms with Gasteiger partial charge in [0.2, 0.25) is 6.41 Å². The number of carbonyl (C=O) groups is 3. The van der Waals surface area contributed by atoms with Gasteiger partial charge in [0.1, 0.15) is 18.8 Å². The minimum Gasteiger partial charge on any atom is -0.461 e. The number of rotatable bonds is 21. The smallest absolute Gasteiger partial charge is 0.325 e. The van der Waals surface area contributed by atoms with Crippen LogP contribution in [0.4, 0.5) is 0 Å². The van der Waals surface area contributed by atoms with Gasteiger partial charge < -0.3 is 14.8 Å². The molecule has 180 valence electrons. The van der Waals surface area contributed by atoms with E-state index in [1.165, 1.54) is 57.8 Å². The van der Waals surface area contributed by atoms with Gasteiger partial charge in [0.15, 0.2) is 0 Å². The van der Waals surface area contributed by atoms with E-state index in [-0.39, 0.29) is 30.6 Å². The van der Waals surface area contributed by atoms with Crippen molar-refractivity contribution in [3.8, 4) is 0 Å². The Kier molecular flexibility index (Phi) is 16.0. The second kappa shape index (κ2) is 18.0. The zero-order chi connectivity index (χ0) is 22.7. The molecule has 31 heavy (non-hydrogen) atoms. The molecular weight excluding hydrogens is 394 g/mol. The topological polar surface area (TPSA) is 81.7 Å². The Morgan fingerprint density at radius 3 is 2.13 bits per heavy atom. The van der Waals surface area contributed by atoms with Crippen molar-refractivity contribution in [1.82, 2.24) is 5.32 Å². The average molecular weight is 440 g/mol. The summed E-state index contributed by atoms with van der Waals surface area (Å²) in [6, 6.07) is 0. The molecule has 1 aliphatic rings. The zero-order valence-electron chi connectivity index (χ0n) is 19.9. The number of amides is 1. The van der Waals surface area contributed by atoms with Crippen LogP contribution in [0.3, 0.4) is 0 Å². The monoisotopic (exact) mass is 439 g/mol. The van der Waals surface area contributed by atoms with E-state index < -0.39 is 5.97 Å². The molecule has 1 heterocycles. The van der Waals surface area contributed by atoms with Gasteiger partial charge in [-0.1, -0.05) is 90.9 Å². The van der Waals surface area contributed by atoms with Gasteiger partial charge in [-0.2, -0.15) is 0 Å². The molecular formula is C25H45NO5. The van der Waals surface area contributed by atoms with Crippen LogP contribution in [0, 0.1) is 5.92 Å². The predicted molar refractivity (Wildman–Crippen MR) is 123 cm³/mol. The molecule has 0 unspecified atom stereocenters. The van der Waals surface area contributed by atoms with Crippen LogP contribution in [-0.2, 0) is 23.9 Å². The second-order valence-electron chi connectivity index (χ2n) is 8.89. The number of hydrogen-bond donors (Lipinski definition) is 1. The molecule has 0 saturated carbocycles. The molecule has 1 amide bonds. The lowest BCUT2D eigenvalue weighted by molar-refractivity contribution is -0.190. The molecule has 0 bridgehead atoms. The molecule has 0 aromatic heterocycles. The van der Waals surface area contributed by atoms with E-state index in [0.717, 1.165) is 38.5 Å². The summed E-state index contributed by atoms with van der Waals surface area (Å²) in [5.74, 6) is -0.607. The highest BCUT2D eigenvalue weighted by molar-refractivity contribution is 5.78. The lowest BCUT2D eigenvalue weighted by atomic mass is 9.86. The first-order valence-electron chi connectivity index (χ1n) is 12.7. The van der Waals surface area contributed by atoms with Crippen molar-refractivity contribution in [3.63, 3.8) is 0 Å². The van der Waals surface area contributed by atoms with E-state index in [1.807, 2.05) is 0 Å². The van der Waals surface area contributed by atoms with Crippen molar-refractivity contribution < 1.29 is 23.9 Å². The molecule has 0 spiro atoms. The maximum atomic E-state index is 12.0. The fourth-order valence-electron chi connectivity index (χ4n) is 4.22. The fraction of sp³-hybridized carbons (Fsp3) is 0.880. The number of nitrogens with one attached hydrogen (secondary N) is 1. The van der Waals surface area contributed by atoms with Gasteiger partial charge in [0, 0.05) is 6.42 Å². The van der Waals surface area contributed by atoms with Crippen molar-refractivity contribution in [2.45, 2.75) is 129 Å². The van der Waals surface area contributed by atoms with Crippen LogP contribution >= 0.6 is 0 Å². The van der Waals surface area contributed by atoms with Crippen molar-refractivity contribution in [1.29, 1.82) is 0 Å². The molecule has 1 fully saturated rings. The van der Waals surface area contributed by atoms with Gasteiger partial charge in [0.05, 0.1) is 5.92 Å². The SMILES string of the molecule is CCCCCCCCCCC[C@H](C[C@@H]1OC(=O)[C@@H]1CCCCCC)OC(=O)CNC=O. The average Bonchev–Trinajstić information content (AvgIpc) is 2.75. The molecule has 1 rings (SSSR count). The third kappa shape index (κ3) is 12.8. The first-order chi connectivity index (χ1) is 15.1. The minimum absolute atomic E-state index is 0.0609. The lowest BCUT2D eigenvalue weighted by Crippen LogP contribution is -2.47. The molecule has 0 aromatic carbocycles. The Hall–Kier alpha value is -1.59. The molecule has 1 aliphatic heterocycles. The van der Waals surface area contributed by atoms with Gasteiger partial charge in [-0.3, -0.25) is 14.4 Å². The summed E-state index contributed by atoms with van der Waals surface area (Å²) in [7, 11) is 0. The largest absolute Gasteiger partial charge is 0.461 e. The first kappa shape index (κ1) is 27.4. The van der Waals surface area contributed by atoms with Gasteiger partial charge in [0.25, 0.3) is 0 Å². The van der Waals surface area contributed by atoms with Crippen LogP contribution in [-0.4, -0.2) is 37.1 Å². The van der Waals surface area contributed by atoms with Gasteiger partial charge >= 0.3 is 11.9 Å². The summed E-state index contributed by atoms with van der Waals surface area (Å²) in [5.41, 5.74) is 0. The molecule has 1 N–H and O–H groups in total. The summed E-state index contributed by atoms with van der Waals surface area (Å²) in [5, 5.41) is 2.35. The molecule has 0 aliphatic carbocycles. The Morgan fingerprint density at radius 2 is 1.55 bits per heavy atom. The molecule has 3 atom stereocenters. The normalized spacial score (nSPS) is 18.7. The summed E-state index contributed by atoms with van der Waals surface area (Å²) in [6.45, 7) is 4.28. The van der Waals surface area contributed by atoms with Crippen LogP contribution in [0.15, 0.2) is 0 Å². The molecule has 6 heteroatoms. The third-order valence-electron chi connectivity index (χ3n) is 6.14. The summed E-state index contributed by atoms with van der Waals surface area (Å²) in [6.07, 6.45) is 18.0. The van der Waals surface area contributed by atoms with E-state index in [0.29, 0.717) is 12.8 Å². The van der Waals surface area contributed by atoms with E-state index >= 15 is 0 Å². The van der Waals surface area contributed by atoms with Crippen molar-refractivity contribution in [3.05, 3.63) is 0 Å². The van der Waals surface area contributed by atoms with E-state index in [1.54, 1.807) is 0 Å². The van der Waals surface area contributed by atoms with Crippen LogP contribution in [0.2, 0.25) is 0 Å². The fourth-order valence-corrected chi connectivity index (χ4v) is 4.22. The van der Waals surface area contributed by atoms with Crippen LogP contribution < -0.4 is 5.32 Å². The lowest BCUT2D eigenvalue weighted by Gasteiger charge is -2.37. The van der Waals surface area contributed by atoms with Crippen LogP contribution in [0.25, 0.3) is 0 Å². The molecule has 1 saturated heterocycles. The number of ether oxygens (including phenoxy) is 2. The number of carbonyl (C=O) groups excluding carboxylic acids is 3. The summed E-state index contributed by atoms with van der Waals surface area (Å²) >= 11 is 0. The highest BCUT2D eigenvalue weighted by Gasteiger charge is 2.43. The second-order valence-corrected chi connectivity index (χ2v) is 8.89. The molecule has 0 aromatic rings. The summed E-state index contributed by atoms with van der Waals surface area (Å²) in [4.78, 5) is 34.3. The number of hydrogen-bond acceptors (Lipinski definition) is 5. The van der Waals surface area contributed by atoms with Crippen molar-refractivity contribution in [2.75, 3.05) is 6.54 Å². The van der Waals surface area contributed by atoms with Crippen LogP contribution in [0.5, 0.6) is 0 Å². The van der Waals surface area contributed by atoms with Gasteiger partial charge in [-0.25, -0.2) is 0 Å². The number of unbranched alkanes of at least 4 members (excludes halogenated alkanes) is 11. The van der Waals surface area contributed by atoms with Crippen molar-refractivity contribution >= 4 is 18.3 Å². The Morgan fingerprint density at radius 1 is 0.968 bits per heavy atom. The number of cyclic esters (lactones) is 1. The molecule has 6 nitrogen and oxygen atoms in total. The van der Waals surface area contributed by atoms with Gasteiger partial charge in [-0.15, -0.1) is 0 Å². The highest BCUT2D eigenvalue weighted by Crippen LogP contribution is 2.32. The van der Waals surface area contributed by atoms with Crippen LogP contribution in [0.1, 0.15) is 117 Å². The zero-order valence-corrected chi connectivity index (χ0v) is 19.9. The number of esters is 2. The van der Waals surface area contributed by atoms with E-state index in [9.17, 15) is 14.4 Å². The van der Waals surface area contributed by atoms with Crippen molar-refractivity contribution in [2.24, 2.45) is 5.92 Å². The standard InChI is InChI=1S/C25H45NO5/c1-3-5-7-9-10-11-12-13-14-16-21(30-24(28)19-26-20-27)18-23-22(25(29)31-23)17-15-8-6-4-2/h20-23H,3-19H2,1-2H3,(H,26,27)/t21-,22-,23+/m1/s1. The van der Waals surface area contributed by atoms with E-state index in [2.05, 4.69) is 19.2 Å². The highest BCUT2D eigenvalue weighted by atomic mass is 16.6. The maximum Gasteiger partial charge on any atom is 0.325 e. The Labute approximate surface area is 189 Å². The summed E-state index contributed by atoms with van der Waals surface area (Å²) < 4.78 is 11.0. The van der Waals surface area contributed by atoms with E-state index in [4.69, 9.17) is 9.47 Å². The van der Waals surface area contributed by atoms with Gasteiger partial charge in [-0.05, 0) is 19.3 Å². The molecule has 0 radical (unpaired) electrons. The maximum absolute atomic E-state index is 12.0. The first-order valence-corrected chi connectivity index (χ1v) is 12.7. The third-order valence-corrected chi connectivity index (χ3v) is 6.14. The predicted octanol–water partition coefficient (Wildman–Crippen LogP) is 5.47.